The molecule has 2 aromatic carbocycles. The minimum absolute atomic E-state index is 0.301. The second-order valence-electron chi connectivity index (χ2n) is 9.74. The van der Waals surface area contributed by atoms with Crippen molar-refractivity contribution in [1.82, 2.24) is 19.9 Å². The van der Waals surface area contributed by atoms with Gasteiger partial charge < -0.3 is 24.8 Å². The van der Waals surface area contributed by atoms with Crippen molar-refractivity contribution in [3.05, 3.63) is 52.9 Å². The van der Waals surface area contributed by atoms with Crippen molar-refractivity contribution in [3.8, 4) is 5.75 Å². The average molecular weight is 610 g/mol. The largest absolute Gasteiger partial charge is 0.494 e. The number of piperidine rings is 1. The van der Waals surface area contributed by atoms with Crippen LogP contribution in [0.2, 0.25) is 0 Å². The van der Waals surface area contributed by atoms with Crippen LogP contribution >= 0.6 is 23.1 Å². The molecule has 4 aromatic rings. The normalized spacial score (nSPS) is 14.0. The van der Waals surface area contributed by atoms with E-state index in [1.54, 1.807) is 39.0 Å². The summed E-state index contributed by atoms with van der Waals surface area (Å²) in [6.45, 7) is 6.85. The zero-order valence-corrected chi connectivity index (χ0v) is 24.6. The number of anilines is 5. The minimum Gasteiger partial charge on any atom is -0.494 e. The second-order valence-corrected chi connectivity index (χ2v) is 13.7. The summed E-state index contributed by atoms with van der Waals surface area (Å²) in [5, 5.41) is 7.20. The molecule has 5 rings (SSSR count). The van der Waals surface area contributed by atoms with Crippen molar-refractivity contribution >= 4 is 74.0 Å². The first-order chi connectivity index (χ1) is 18.6. The van der Waals surface area contributed by atoms with Gasteiger partial charge in [0.1, 0.15) is 30.0 Å². The SMILES string of the molecule is COc1cc(N2CCC(=O)CC2)c(C)cc1Nc1ncc(Br)c(Nc2ccc3nccnc3c2P(C)(C)=O)n1. The number of rotatable bonds is 7. The van der Waals surface area contributed by atoms with E-state index in [4.69, 9.17) is 4.74 Å². The van der Waals surface area contributed by atoms with E-state index >= 15 is 0 Å². The molecule has 0 amide bonds. The third kappa shape index (κ3) is 5.74. The number of ether oxygens (including phenoxy) is 1. The van der Waals surface area contributed by atoms with Gasteiger partial charge >= 0.3 is 0 Å². The Bertz CT molecular complexity index is 1620. The Balaban J connectivity index is 1.46. The Labute approximate surface area is 235 Å². The Morgan fingerprint density at radius 3 is 2.49 bits per heavy atom. The Hall–Kier alpha value is -3.56. The van der Waals surface area contributed by atoms with Crippen LogP contribution in [-0.4, -0.2) is 59.2 Å². The van der Waals surface area contributed by atoms with Crippen LogP contribution in [0.5, 0.6) is 5.75 Å². The van der Waals surface area contributed by atoms with Gasteiger partial charge in [-0.05, 0) is 59.9 Å². The lowest BCUT2D eigenvalue weighted by Gasteiger charge is -2.30. The third-order valence-electron chi connectivity index (χ3n) is 6.58. The summed E-state index contributed by atoms with van der Waals surface area (Å²) in [6, 6.07) is 7.65. The summed E-state index contributed by atoms with van der Waals surface area (Å²) in [5.74, 6) is 1.79. The smallest absolute Gasteiger partial charge is 0.229 e. The maximum atomic E-state index is 13.3. The van der Waals surface area contributed by atoms with Crippen LogP contribution in [0.3, 0.4) is 0 Å². The molecule has 2 N–H and O–H groups in total. The van der Waals surface area contributed by atoms with Crippen LogP contribution in [0.15, 0.2) is 47.3 Å². The van der Waals surface area contributed by atoms with E-state index in [0.29, 0.717) is 81.4 Å². The number of fused-ring (bicyclic) bond motifs is 1. The number of nitrogens with zero attached hydrogens (tertiary/aromatic N) is 5. The molecule has 1 aliphatic heterocycles. The van der Waals surface area contributed by atoms with E-state index < -0.39 is 7.14 Å². The summed E-state index contributed by atoms with van der Waals surface area (Å²) >= 11 is 3.53. The summed E-state index contributed by atoms with van der Waals surface area (Å²) in [5.41, 5.74) is 4.71. The van der Waals surface area contributed by atoms with Crippen LogP contribution in [0.25, 0.3) is 11.0 Å². The Kier molecular flexibility index (Phi) is 7.55. The first kappa shape index (κ1) is 27.0. The van der Waals surface area contributed by atoms with E-state index in [2.05, 4.69) is 51.4 Å². The van der Waals surface area contributed by atoms with Crippen LogP contribution in [0, 0.1) is 6.92 Å². The minimum atomic E-state index is -2.73. The highest BCUT2D eigenvalue weighted by Crippen LogP contribution is 2.41. The molecule has 39 heavy (non-hydrogen) atoms. The van der Waals surface area contributed by atoms with Crippen molar-refractivity contribution in [2.45, 2.75) is 19.8 Å². The molecule has 1 aliphatic rings. The molecule has 1 saturated heterocycles. The lowest BCUT2D eigenvalue weighted by molar-refractivity contribution is -0.119. The number of halogens is 1. The molecule has 10 nitrogen and oxygen atoms in total. The zero-order chi connectivity index (χ0) is 27.7. The van der Waals surface area contributed by atoms with Crippen molar-refractivity contribution < 1.29 is 14.1 Å². The molecule has 0 saturated carbocycles. The predicted octanol–water partition coefficient (Wildman–Crippen LogP) is 5.40. The highest BCUT2D eigenvalue weighted by molar-refractivity contribution is 9.10. The highest BCUT2D eigenvalue weighted by Gasteiger charge is 2.23. The van der Waals surface area contributed by atoms with Gasteiger partial charge in [-0.15, -0.1) is 0 Å². The highest BCUT2D eigenvalue weighted by atomic mass is 79.9. The molecule has 2 aromatic heterocycles. The number of methoxy groups -OCH3 is 1. The average Bonchev–Trinajstić information content (AvgIpc) is 2.90. The number of aromatic nitrogens is 4. The van der Waals surface area contributed by atoms with Gasteiger partial charge in [-0.25, -0.2) is 4.98 Å². The summed E-state index contributed by atoms with van der Waals surface area (Å²) in [6.07, 6.45) is 5.97. The number of benzene rings is 2. The van der Waals surface area contributed by atoms with Crippen LogP contribution in [0.4, 0.5) is 28.8 Å². The zero-order valence-electron chi connectivity index (χ0n) is 22.2. The molecule has 0 unspecified atom stereocenters. The fourth-order valence-corrected chi connectivity index (χ4v) is 6.40. The quantitative estimate of drug-likeness (QED) is 0.263. The van der Waals surface area contributed by atoms with Gasteiger partial charge in [0, 0.05) is 56.3 Å². The maximum absolute atomic E-state index is 13.3. The van der Waals surface area contributed by atoms with Crippen LogP contribution < -0.4 is 25.6 Å². The van der Waals surface area contributed by atoms with Crippen LogP contribution in [-0.2, 0) is 9.36 Å². The number of nitrogens with one attached hydrogen (secondary N) is 2. The molecule has 0 atom stereocenters. The summed E-state index contributed by atoms with van der Waals surface area (Å²) < 4.78 is 19.6. The number of ketones is 1. The molecule has 0 radical (unpaired) electrons. The van der Waals surface area contributed by atoms with E-state index in [0.717, 1.165) is 11.3 Å². The first-order valence-corrected chi connectivity index (χ1v) is 15.8. The van der Waals surface area contributed by atoms with E-state index in [-0.39, 0.29) is 0 Å². The standard InChI is InChI=1S/C27H29BrN7O3P/c1-16-13-21(23(38-2)14-22(16)35-11-7-17(36)8-12-35)33-27-31-15-18(28)26(34-27)32-20-6-5-19-24(30-10-9-29-19)25(20)39(3,4)37/h5-6,9-10,13-15H,7-8,11-12H2,1-4H3,(H2,31,32,33,34). The maximum Gasteiger partial charge on any atom is 0.229 e. The molecule has 0 aliphatic carbocycles. The van der Waals surface area contributed by atoms with Gasteiger partial charge in [0.2, 0.25) is 5.95 Å². The molecular weight excluding hydrogens is 581 g/mol. The van der Waals surface area contributed by atoms with Gasteiger partial charge in [-0.3, -0.25) is 14.8 Å². The van der Waals surface area contributed by atoms with Crippen molar-refractivity contribution in [2.75, 3.05) is 49.1 Å². The molecule has 3 heterocycles. The Morgan fingerprint density at radius 1 is 1.03 bits per heavy atom. The number of carbonyl (C=O) groups excluding carboxylic acids is 1. The number of hydrogen-bond acceptors (Lipinski definition) is 10. The van der Waals surface area contributed by atoms with Gasteiger partial charge in [-0.1, -0.05) is 0 Å². The van der Waals surface area contributed by atoms with Gasteiger partial charge in [0.05, 0.1) is 33.8 Å². The van der Waals surface area contributed by atoms with Crippen LogP contribution in [0.1, 0.15) is 18.4 Å². The third-order valence-corrected chi connectivity index (χ3v) is 8.69. The second kappa shape index (κ2) is 10.9. The van der Waals surface area contributed by atoms with Crippen molar-refractivity contribution in [3.63, 3.8) is 0 Å². The fraction of sp³-hybridized carbons (Fsp3) is 0.296. The van der Waals surface area contributed by atoms with Crippen molar-refractivity contribution in [2.24, 2.45) is 0 Å². The van der Waals surface area contributed by atoms with E-state index in [1.165, 1.54) is 0 Å². The molecule has 12 heteroatoms. The topological polar surface area (TPSA) is 122 Å². The summed E-state index contributed by atoms with van der Waals surface area (Å²) in [7, 11) is -1.12. The molecule has 0 spiro atoms. The number of hydrogen-bond donors (Lipinski definition) is 2. The molecule has 0 bridgehead atoms. The number of Topliss-reactive ketones (excluding diaryl/α,β-unsaturated/α-hetero) is 1. The monoisotopic (exact) mass is 609 g/mol. The molecular formula is C27H29BrN7O3P. The predicted molar refractivity (Wildman–Crippen MR) is 159 cm³/mol. The summed E-state index contributed by atoms with van der Waals surface area (Å²) in [4.78, 5) is 31.8. The van der Waals surface area contributed by atoms with E-state index in [9.17, 15) is 9.36 Å². The van der Waals surface area contributed by atoms with Crippen molar-refractivity contribution in [1.29, 1.82) is 0 Å². The van der Waals surface area contributed by atoms with Gasteiger partial charge in [-0.2, -0.15) is 4.98 Å². The fourth-order valence-electron chi connectivity index (χ4n) is 4.71. The van der Waals surface area contributed by atoms with Gasteiger partial charge in [0.15, 0.2) is 0 Å². The number of carbonyl (C=O) groups is 1. The first-order valence-electron chi connectivity index (χ1n) is 12.4. The Morgan fingerprint density at radius 2 is 1.77 bits per heavy atom. The van der Waals surface area contributed by atoms with Gasteiger partial charge in [0.25, 0.3) is 0 Å². The molecule has 1 fully saturated rings. The number of aryl methyl sites for hydroxylation is 1. The molecule has 202 valence electrons. The lowest BCUT2D eigenvalue weighted by Crippen LogP contribution is -2.34. The van der Waals surface area contributed by atoms with E-state index in [1.807, 2.05) is 31.2 Å². The lowest BCUT2D eigenvalue weighted by atomic mass is 10.1.